The first-order valence-electron chi connectivity index (χ1n) is 8.06. The van der Waals surface area contributed by atoms with Crippen LogP contribution in [-0.2, 0) is 18.3 Å². The second-order valence-corrected chi connectivity index (χ2v) is 5.99. The van der Waals surface area contributed by atoms with Gasteiger partial charge in [0.05, 0.1) is 18.9 Å². The lowest BCUT2D eigenvalue weighted by Gasteiger charge is -2.29. The van der Waals surface area contributed by atoms with E-state index in [1.54, 1.807) is 12.4 Å². The second-order valence-electron chi connectivity index (χ2n) is 5.99. The molecule has 0 aliphatic carbocycles. The molecule has 0 spiro atoms. The van der Waals surface area contributed by atoms with E-state index < -0.39 is 0 Å². The summed E-state index contributed by atoms with van der Waals surface area (Å²) in [6.45, 7) is 8.32. The zero-order valence-corrected chi connectivity index (χ0v) is 14.0. The van der Waals surface area contributed by atoms with Gasteiger partial charge in [-0.25, -0.2) is 9.97 Å². The minimum absolute atomic E-state index is 0.365. The van der Waals surface area contributed by atoms with Crippen LogP contribution in [0.15, 0.2) is 18.5 Å². The van der Waals surface area contributed by atoms with Crippen LogP contribution in [0.5, 0.6) is 0 Å². The van der Waals surface area contributed by atoms with Crippen molar-refractivity contribution in [3.05, 3.63) is 29.7 Å². The quantitative estimate of drug-likeness (QED) is 0.907. The molecule has 1 N–H and O–H groups in total. The first-order chi connectivity index (χ1) is 11.2. The molecule has 1 aliphatic heterocycles. The highest BCUT2D eigenvalue weighted by Crippen LogP contribution is 2.29. The molecule has 0 atom stereocenters. The van der Waals surface area contributed by atoms with Crippen molar-refractivity contribution in [2.24, 2.45) is 7.05 Å². The van der Waals surface area contributed by atoms with Crippen LogP contribution in [0.25, 0.3) is 0 Å². The van der Waals surface area contributed by atoms with Gasteiger partial charge >= 0.3 is 0 Å². The normalized spacial score (nSPS) is 15.2. The van der Waals surface area contributed by atoms with Crippen LogP contribution in [-0.4, -0.2) is 46.1 Å². The fourth-order valence-electron chi connectivity index (χ4n) is 2.94. The second kappa shape index (κ2) is 6.95. The molecule has 0 saturated carbocycles. The summed E-state index contributed by atoms with van der Waals surface area (Å²) in [7, 11) is 2.01. The lowest BCUT2D eigenvalue weighted by molar-refractivity contribution is 0.122. The van der Waals surface area contributed by atoms with Crippen molar-refractivity contribution in [1.29, 1.82) is 0 Å². The maximum Gasteiger partial charge on any atom is 0.222 e. The van der Waals surface area contributed by atoms with E-state index in [9.17, 15) is 0 Å². The highest BCUT2D eigenvalue weighted by Gasteiger charge is 2.24. The highest BCUT2D eigenvalue weighted by molar-refractivity contribution is 5.52. The summed E-state index contributed by atoms with van der Waals surface area (Å²) in [4.78, 5) is 10.8. The van der Waals surface area contributed by atoms with Crippen molar-refractivity contribution >= 4 is 11.8 Å². The number of ether oxygens (including phenoxy) is 1. The Morgan fingerprint density at radius 1 is 1.22 bits per heavy atom. The Morgan fingerprint density at radius 3 is 2.57 bits per heavy atom. The molecule has 1 fully saturated rings. The van der Waals surface area contributed by atoms with Crippen LogP contribution < -0.4 is 10.2 Å². The number of aromatic nitrogens is 4. The average molecular weight is 316 g/mol. The highest BCUT2D eigenvalue weighted by atomic mass is 16.5. The summed E-state index contributed by atoms with van der Waals surface area (Å²) in [5.74, 6) is 2.17. The molecule has 0 aromatic carbocycles. The first kappa shape index (κ1) is 15.7. The Morgan fingerprint density at radius 2 is 1.91 bits per heavy atom. The van der Waals surface area contributed by atoms with Gasteiger partial charge in [0.1, 0.15) is 5.82 Å². The van der Waals surface area contributed by atoms with Crippen LogP contribution in [0.1, 0.15) is 31.0 Å². The van der Waals surface area contributed by atoms with Gasteiger partial charge in [-0.1, -0.05) is 13.8 Å². The molecule has 23 heavy (non-hydrogen) atoms. The van der Waals surface area contributed by atoms with Crippen molar-refractivity contribution in [1.82, 2.24) is 19.7 Å². The van der Waals surface area contributed by atoms with Gasteiger partial charge in [-0.3, -0.25) is 4.68 Å². The van der Waals surface area contributed by atoms with Crippen LogP contribution in [0.3, 0.4) is 0 Å². The van der Waals surface area contributed by atoms with Crippen LogP contribution in [0.4, 0.5) is 11.8 Å². The number of aryl methyl sites for hydroxylation is 1. The Hall–Kier alpha value is -2.15. The summed E-state index contributed by atoms with van der Waals surface area (Å²) in [6, 6.07) is 1.81. The van der Waals surface area contributed by atoms with Crippen LogP contribution in [0.2, 0.25) is 0 Å². The Balaban J connectivity index is 1.88. The smallest absolute Gasteiger partial charge is 0.222 e. The molecule has 1 saturated heterocycles. The molecule has 2 aromatic rings. The summed E-state index contributed by atoms with van der Waals surface area (Å²) < 4.78 is 7.47. The maximum absolute atomic E-state index is 5.48. The molecule has 124 valence electrons. The van der Waals surface area contributed by atoms with Gasteiger partial charge in [-0.15, -0.1) is 0 Å². The Labute approximate surface area is 136 Å². The van der Waals surface area contributed by atoms with Gasteiger partial charge in [0.15, 0.2) is 0 Å². The van der Waals surface area contributed by atoms with E-state index in [-0.39, 0.29) is 0 Å². The lowest BCUT2D eigenvalue weighted by atomic mass is 10.1. The average Bonchev–Trinajstić information content (AvgIpc) is 2.91. The van der Waals surface area contributed by atoms with E-state index >= 15 is 0 Å². The largest absolute Gasteiger partial charge is 0.378 e. The number of nitrogens with one attached hydrogen (secondary N) is 1. The van der Waals surface area contributed by atoms with Crippen molar-refractivity contribution in [3.63, 3.8) is 0 Å². The number of hydrogen-bond acceptors (Lipinski definition) is 6. The monoisotopic (exact) mass is 316 g/mol. The fraction of sp³-hybridized carbons (Fsp3) is 0.562. The molecule has 7 heteroatoms. The third kappa shape index (κ3) is 3.44. The van der Waals surface area contributed by atoms with Crippen molar-refractivity contribution < 1.29 is 4.74 Å². The van der Waals surface area contributed by atoms with Crippen molar-refractivity contribution in [2.45, 2.75) is 26.3 Å². The minimum atomic E-state index is 0.365. The molecule has 0 radical (unpaired) electrons. The summed E-state index contributed by atoms with van der Waals surface area (Å²) in [5, 5.41) is 8.07. The van der Waals surface area contributed by atoms with Gasteiger partial charge in [-0.05, 0) is 12.0 Å². The molecule has 3 heterocycles. The predicted molar refractivity (Wildman–Crippen MR) is 89.7 cm³/mol. The van der Waals surface area contributed by atoms with Crippen LogP contribution >= 0.6 is 0 Å². The minimum Gasteiger partial charge on any atom is -0.378 e. The molecule has 0 amide bonds. The summed E-state index contributed by atoms with van der Waals surface area (Å²) >= 11 is 0. The SMILES string of the molecule is CC(C)c1nn(C)c(N2CCOCC2)c1CNc1ncccn1. The number of nitrogens with zero attached hydrogens (tertiary/aromatic N) is 5. The number of hydrogen-bond donors (Lipinski definition) is 1. The van der Waals surface area contributed by atoms with Gasteiger partial charge in [0, 0.05) is 44.6 Å². The van der Waals surface area contributed by atoms with E-state index in [4.69, 9.17) is 9.84 Å². The molecule has 0 bridgehead atoms. The number of anilines is 2. The zero-order chi connectivity index (χ0) is 16.2. The Kier molecular flexibility index (Phi) is 4.76. The van der Waals surface area contributed by atoms with Gasteiger partial charge in [0.2, 0.25) is 5.95 Å². The van der Waals surface area contributed by atoms with Crippen molar-refractivity contribution in [2.75, 3.05) is 36.5 Å². The summed E-state index contributed by atoms with van der Waals surface area (Å²) in [5.41, 5.74) is 2.34. The van der Waals surface area contributed by atoms with E-state index in [1.165, 1.54) is 11.4 Å². The molecule has 0 unspecified atom stereocenters. The fourth-order valence-corrected chi connectivity index (χ4v) is 2.94. The lowest BCUT2D eigenvalue weighted by Crippen LogP contribution is -2.38. The maximum atomic E-state index is 5.48. The van der Waals surface area contributed by atoms with Gasteiger partial charge in [-0.2, -0.15) is 5.10 Å². The standard InChI is InChI=1S/C16H24N6O/c1-12(2)14-13(11-19-16-17-5-4-6-18-16)15(21(3)20-14)22-7-9-23-10-8-22/h4-6,12H,7-11H2,1-3H3,(H,17,18,19). The number of rotatable bonds is 5. The van der Waals surface area contributed by atoms with Crippen LogP contribution in [0, 0.1) is 0 Å². The summed E-state index contributed by atoms with van der Waals surface area (Å²) in [6.07, 6.45) is 3.48. The van der Waals surface area contributed by atoms with E-state index in [0.29, 0.717) is 18.4 Å². The Bertz CT molecular complexity index is 634. The molecule has 1 aliphatic rings. The predicted octanol–water partition coefficient (Wildman–Crippen LogP) is 1.78. The molecule has 2 aromatic heterocycles. The molecular weight excluding hydrogens is 292 g/mol. The van der Waals surface area contributed by atoms with Gasteiger partial charge < -0.3 is 15.0 Å². The molecule has 3 rings (SSSR count). The third-order valence-corrected chi connectivity index (χ3v) is 3.99. The van der Waals surface area contributed by atoms with E-state index in [0.717, 1.165) is 32.0 Å². The van der Waals surface area contributed by atoms with Crippen molar-refractivity contribution in [3.8, 4) is 0 Å². The zero-order valence-electron chi connectivity index (χ0n) is 14.0. The van der Waals surface area contributed by atoms with E-state index in [1.807, 2.05) is 17.8 Å². The number of morpholine rings is 1. The molecule has 7 nitrogen and oxygen atoms in total. The van der Waals surface area contributed by atoms with E-state index in [2.05, 4.69) is 34.0 Å². The topological polar surface area (TPSA) is 68.1 Å². The first-order valence-corrected chi connectivity index (χ1v) is 8.06. The third-order valence-electron chi connectivity index (χ3n) is 3.99. The molecular formula is C16H24N6O. The van der Waals surface area contributed by atoms with Gasteiger partial charge in [0.25, 0.3) is 0 Å².